The first-order chi connectivity index (χ1) is 34.3. The normalized spacial score (nSPS) is 13.0. The Labute approximate surface area is 400 Å². The molecule has 356 valence electrons. The van der Waals surface area contributed by atoms with Gasteiger partial charge in [0.05, 0.1) is 43.9 Å². The van der Waals surface area contributed by atoms with Crippen LogP contribution in [0.5, 0.6) is 0 Å². The number of non-ortho nitro benzene ring substituents is 2. The molecule has 7 aromatic rings. The van der Waals surface area contributed by atoms with Gasteiger partial charge in [-0.15, -0.1) is 0 Å². The zero-order valence-corrected chi connectivity index (χ0v) is 37.2. The molecule has 3 heterocycles. The van der Waals surface area contributed by atoms with Crippen molar-refractivity contribution in [2.75, 3.05) is 57.3 Å². The average molecular weight is 958 g/mol. The van der Waals surface area contributed by atoms with Crippen LogP contribution >= 0.6 is 0 Å². The van der Waals surface area contributed by atoms with Gasteiger partial charge in [0.25, 0.3) is 52.7 Å². The maximum Gasteiger partial charge on any atom is 0.271 e. The highest BCUT2D eigenvalue weighted by Crippen LogP contribution is 2.37. The van der Waals surface area contributed by atoms with Gasteiger partial charge in [0, 0.05) is 110 Å². The second-order valence-electron chi connectivity index (χ2n) is 16.3. The highest BCUT2D eigenvalue weighted by molar-refractivity contribution is 6.36. The Morgan fingerprint density at radius 2 is 1.01 bits per heavy atom. The number of imide groups is 2. The summed E-state index contributed by atoms with van der Waals surface area (Å²) >= 11 is 0. The van der Waals surface area contributed by atoms with Gasteiger partial charge < -0.3 is 26.6 Å². The van der Waals surface area contributed by atoms with E-state index in [9.17, 15) is 53.8 Å². The minimum absolute atomic E-state index is 0.0107. The first-order valence-corrected chi connectivity index (χ1v) is 22.1. The summed E-state index contributed by atoms with van der Waals surface area (Å²) in [6.07, 6.45) is 1.39. The van der Waals surface area contributed by atoms with E-state index in [1.165, 1.54) is 48.7 Å². The number of aromatic nitrogens is 2. The lowest BCUT2D eigenvalue weighted by molar-refractivity contribution is -0.384. The first kappa shape index (κ1) is 46.7. The van der Waals surface area contributed by atoms with E-state index in [1.54, 1.807) is 42.5 Å². The van der Waals surface area contributed by atoms with Gasteiger partial charge in [0.15, 0.2) is 0 Å². The van der Waals surface area contributed by atoms with Crippen molar-refractivity contribution >= 4 is 91.0 Å². The zero-order valence-electron chi connectivity index (χ0n) is 37.2. The molecule has 7 amide bonds. The van der Waals surface area contributed by atoms with Crippen LogP contribution in [0.4, 0.5) is 17.1 Å². The lowest BCUT2D eigenvalue weighted by Gasteiger charge is -2.28. The second-order valence-corrected chi connectivity index (χ2v) is 16.3. The van der Waals surface area contributed by atoms with Gasteiger partial charge >= 0.3 is 0 Å². The number of nitrogens with one attached hydrogen (secondary N) is 5. The van der Waals surface area contributed by atoms with E-state index in [1.807, 2.05) is 6.07 Å². The van der Waals surface area contributed by atoms with E-state index in [0.29, 0.717) is 33.7 Å². The number of hydrogen-bond acceptors (Lipinski definition) is 15. The fraction of sp³-hybridized carbons (Fsp3) is 0.163. The van der Waals surface area contributed by atoms with Crippen molar-refractivity contribution in [1.82, 2.24) is 41.5 Å². The lowest BCUT2D eigenvalue weighted by Crippen LogP contribution is -2.44. The molecule has 0 unspecified atom stereocenters. The van der Waals surface area contributed by atoms with Crippen molar-refractivity contribution in [2.45, 2.75) is 0 Å². The van der Waals surface area contributed by atoms with E-state index in [-0.39, 0.29) is 107 Å². The average Bonchev–Trinajstić information content (AvgIpc) is 3.37. The van der Waals surface area contributed by atoms with E-state index < -0.39 is 51.2 Å². The van der Waals surface area contributed by atoms with Crippen LogP contribution in [0.3, 0.4) is 0 Å². The molecule has 0 bridgehead atoms. The predicted molar refractivity (Wildman–Crippen MR) is 256 cm³/mol. The van der Waals surface area contributed by atoms with Crippen LogP contribution in [-0.2, 0) is 0 Å². The van der Waals surface area contributed by atoms with Crippen molar-refractivity contribution < 1.29 is 43.4 Å². The van der Waals surface area contributed by atoms with Gasteiger partial charge in [-0.3, -0.25) is 63.7 Å². The van der Waals surface area contributed by atoms with E-state index >= 15 is 0 Å². The van der Waals surface area contributed by atoms with E-state index in [0.717, 1.165) is 21.9 Å². The molecule has 5 N–H and O–H groups in total. The molecule has 0 fully saturated rings. The van der Waals surface area contributed by atoms with Gasteiger partial charge in [0.2, 0.25) is 0 Å². The Bertz CT molecular complexity index is 3450. The Morgan fingerprint density at radius 3 is 1.59 bits per heavy atom. The fourth-order valence-electron chi connectivity index (χ4n) is 8.48. The minimum Gasteiger partial charge on any atom is -0.351 e. The smallest absolute Gasteiger partial charge is 0.271 e. The highest BCUT2D eigenvalue weighted by Gasteiger charge is 2.37. The third-order valence-corrected chi connectivity index (χ3v) is 11.8. The summed E-state index contributed by atoms with van der Waals surface area (Å²) in [7, 11) is 0. The van der Waals surface area contributed by atoms with Crippen LogP contribution in [0.2, 0.25) is 0 Å². The largest absolute Gasteiger partial charge is 0.351 e. The number of fused-ring (bicyclic) bond motifs is 1. The maximum atomic E-state index is 14.2. The Balaban J connectivity index is 0.852. The number of carbonyl (C=O) groups excluding carboxylic acids is 7. The van der Waals surface area contributed by atoms with Crippen molar-refractivity contribution in [1.29, 1.82) is 0 Å². The molecule has 9 rings (SSSR count). The monoisotopic (exact) mass is 957 g/mol. The van der Waals surface area contributed by atoms with Crippen LogP contribution in [0.15, 0.2) is 109 Å². The van der Waals surface area contributed by atoms with Crippen LogP contribution in [-0.4, -0.2) is 118 Å². The van der Waals surface area contributed by atoms with Crippen LogP contribution in [0.25, 0.3) is 32.6 Å². The van der Waals surface area contributed by atoms with E-state index in [4.69, 9.17) is 0 Å². The summed E-state index contributed by atoms with van der Waals surface area (Å²) in [5, 5.41) is 39.0. The molecule has 0 aliphatic carbocycles. The zero-order chi connectivity index (χ0) is 49.9. The number of para-hydroxylation sites is 2. The number of rotatable bonds is 18. The van der Waals surface area contributed by atoms with E-state index in [2.05, 4.69) is 36.6 Å². The summed E-state index contributed by atoms with van der Waals surface area (Å²) in [5.74, 6) is -4.74. The maximum absolute atomic E-state index is 14.2. The molecule has 1 aromatic heterocycles. The second kappa shape index (κ2) is 19.7. The van der Waals surface area contributed by atoms with Crippen molar-refractivity contribution in [2.24, 2.45) is 0 Å². The van der Waals surface area contributed by atoms with Gasteiger partial charge in [0.1, 0.15) is 5.69 Å². The van der Waals surface area contributed by atoms with Crippen LogP contribution < -0.4 is 31.5 Å². The van der Waals surface area contributed by atoms with Crippen molar-refractivity contribution in [3.63, 3.8) is 0 Å². The quantitative estimate of drug-likeness (QED) is 0.0353. The van der Waals surface area contributed by atoms with Gasteiger partial charge in [-0.05, 0) is 53.2 Å². The number of benzene rings is 6. The molecular formula is C49H39N11O11. The predicted octanol–water partition coefficient (Wildman–Crippen LogP) is 3.92. The summed E-state index contributed by atoms with van der Waals surface area (Å²) in [6.45, 7) is 0.999. The van der Waals surface area contributed by atoms with Gasteiger partial charge in [-0.1, -0.05) is 36.4 Å². The molecular weight excluding hydrogens is 919 g/mol. The molecule has 71 heavy (non-hydrogen) atoms. The van der Waals surface area contributed by atoms with Crippen molar-refractivity contribution in [3.8, 4) is 0 Å². The number of carbonyl (C=O) groups is 7. The summed E-state index contributed by atoms with van der Waals surface area (Å²) in [4.78, 5) is 128. The number of nitrogens with zero attached hydrogens (tertiary/aromatic N) is 6. The van der Waals surface area contributed by atoms with Gasteiger partial charge in [-0.2, -0.15) is 0 Å². The fourth-order valence-corrected chi connectivity index (χ4v) is 8.48. The SMILES string of the molecule is O=C(NCCNCCNC(=O)c1cnc2ccccc2n1)c1cc(C(=O)NCCNCCN2C(=O)c3cccc4cc([N+](=O)[O-])cc(c34)C2=O)cc(N2C(=O)c3cccc4cc([N+](=O)[O-])cc(c34)C2=O)c1. The Hall–Kier alpha value is -9.41. The molecule has 6 aromatic carbocycles. The summed E-state index contributed by atoms with van der Waals surface area (Å²) < 4.78 is 0. The number of nitro benzene ring substituents is 2. The molecule has 0 radical (unpaired) electrons. The number of nitro groups is 2. The molecule has 2 aliphatic heterocycles. The molecule has 0 saturated heterocycles. The molecule has 2 aliphatic rings. The molecule has 22 nitrogen and oxygen atoms in total. The number of anilines is 1. The molecule has 22 heteroatoms. The first-order valence-electron chi connectivity index (χ1n) is 22.1. The lowest BCUT2D eigenvalue weighted by atomic mass is 9.92. The summed E-state index contributed by atoms with van der Waals surface area (Å²) in [5.41, 5.74) is 0.550. The summed E-state index contributed by atoms with van der Waals surface area (Å²) in [6, 6.07) is 25.0. The van der Waals surface area contributed by atoms with Gasteiger partial charge in [-0.25, -0.2) is 9.88 Å². The number of amides is 7. The standard InChI is InChI=1S/C49H39N11O11/c61-43(52-14-11-50-12-16-54-45(63)40-26-55-38-9-1-2-10-39(38)56-40)29-19-30(23-31(22-29)58-48(66)35-8-4-6-28-21-33(60(70)71)25-37(42(28)35)49(58)67)44(62)53-15-13-51-17-18-57-46(64)34-7-3-5-27-20-32(59(68)69)24-36(41(27)34)47(57)65/h1-10,19-26,50-51H,11-18H2,(H,52,61)(H,53,62)(H,54,63). The molecule has 0 spiro atoms. The number of hydrogen-bond donors (Lipinski definition) is 5. The Kier molecular flexibility index (Phi) is 12.9. The highest BCUT2D eigenvalue weighted by atomic mass is 16.6. The van der Waals surface area contributed by atoms with Crippen LogP contribution in [0, 0.1) is 20.2 Å². The third-order valence-electron chi connectivity index (χ3n) is 11.8. The molecule has 0 atom stereocenters. The third kappa shape index (κ3) is 9.29. The van der Waals surface area contributed by atoms with Crippen LogP contribution in [0.1, 0.15) is 72.6 Å². The molecule has 0 saturated carbocycles. The van der Waals surface area contributed by atoms with Crippen molar-refractivity contribution in [3.05, 3.63) is 169 Å². The topological polar surface area (TPSA) is 298 Å². The minimum atomic E-state index is -0.913. The Morgan fingerprint density at radius 1 is 0.521 bits per heavy atom.